The van der Waals surface area contributed by atoms with E-state index in [-0.39, 0.29) is 11.6 Å². The maximum absolute atomic E-state index is 9.53. The van der Waals surface area contributed by atoms with E-state index in [0.29, 0.717) is 18.2 Å². The van der Waals surface area contributed by atoms with Crippen LogP contribution in [0.4, 0.5) is 11.4 Å². The molecule has 2 saturated heterocycles. The molecule has 4 heterocycles. The van der Waals surface area contributed by atoms with Crippen LogP contribution in [0.25, 0.3) is 10.9 Å². The molecule has 3 aliphatic heterocycles. The van der Waals surface area contributed by atoms with E-state index in [1.807, 2.05) is 12.1 Å². The largest absolute Gasteiger partial charge is 0.491 e. The summed E-state index contributed by atoms with van der Waals surface area (Å²) in [6.07, 6.45) is 2.77. The predicted molar refractivity (Wildman–Crippen MR) is 139 cm³/mol. The minimum Gasteiger partial charge on any atom is -0.491 e. The summed E-state index contributed by atoms with van der Waals surface area (Å²) < 4.78 is 6.45. The van der Waals surface area contributed by atoms with Crippen LogP contribution in [0.2, 0.25) is 0 Å². The number of pyridine rings is 1. The Hall–Kier alpha value is -3.34. The number of fused-ring (bicyclic) bond motifs is 3. The first-order valence-corrected chi connectivity index (χ1v) is 12.5. The Morgan fingerprint density at radius 3 is 2.86 bits per heavy atom. The fourth-order valence-electron chi connectivity index (χ4n) is 5.96. The standard InChI is InChI=1S/C28H32N6O/c1-19-14-33(25-8-6-20(13-29)27-24(25)4-3-10-31-27)16-23-17-35-26-12-22(7-5-21(26)15-34(19)23)32-11-9-28(2,30)18-32/h3-8,10,12,19,23H,9,11,14-18,30H2,1-2H3/t19-,23-,28-/m0/s1. The van der Waals surface area contributed by atoms with Gasteiger partial charge in [0.05, 0.1) is 17.1 Å². The average Bonchev–Trinajstić information content (AvgIpc) is 3.12. The fraction of sp³-hybridized carbons (Fsp3) is 0.429. The Morgan fingerprint density at radius 2 is 2.06 bits per heavy atom. The highest BCUT2D eigenvalue weighted by Gasteiger charge is 2.36. The third-order valence-electron chi connectivity index (χ3n) is 7.86. The molecule has 0 saturated carbocycles. The van der Waals surface area contributed by atoms with Crippen LogP contribution in [0.15, 0.2) is 48.7 Å². The maximum atomic E-state index is 9.53. The van der Waals surface area contributed by atoms with Crippen molar-refractivity contribution >= 4 is 22.3 Å². The van der Waals surface area contributed by atoms with Gasteiger partial charge in [-0.15, -0.1) is 0 Å². The number of piperazine rings is 1. The van der Waals surface area contributed by atoms with Crippen LogP contribution in [0, 0.1) is 11.3 Å². The number of ether oxygens (including phenoxy) is 1. The summed E-state index contributed by atoms with van der Waals surface area (Å²) in [7, 11) is 0. The molecule has 2 fully saturated rings. The first kappa shape index (κ1) is 22.1. The van der Waals surface area contributed by atoms with Crippen molar-refractivity contribution in [2.45, 2.75) is 44.4 Å². The normalized spacial score (nSPS) is 26.6. The minimum absolute atomic E-state index is 0.127. The number of aromatic nitrogens is 1. The van der Waals surface area contributed by atoms with Crippen LogP contribution in [-0.2, 0) is 6.54 Å². The van der Waals surface area contributed by atoms with Crippen molar-refractivity contribution in [3.8, 4) is 11.8 Å². The zero-order valence-electron chi connectivity index (χ0n) is 20.4. The number of rotatable bonds is 2. The molecule has 180 valence electrons. The first-order chi connectivity index (χ1) is 16.9. The van der Waals surface area contributed by atoms with E-state index in [9.17, 15) is 5.26 Å². The molecular formula is C28H32N6O. The molecule has 2 aromatic carbocycles. The van der Waals surface area contributed by atoms with Gasteiger partial charge < -0.3 is 20.3 Å². The van der Waals surface area contributed by atoms with Gasteiger partial charge in [0.2, 0.25) is 0 Å². The van der Waals surface area contributed by atoms with Crippen molar-refractivity contribution in [1.29, 1.82) is 5.26 Å². The van der Waals surface area contributed by atoms with Crippen molar-refractivity contribution in [1.82, 2.24) is 9.88 Å². The van der Waals surface area contributed by atoms with E-state index in [0.717, 1.165) is 61.5 Å². The van der Waals surface area contributed by atoms with Gasteiger partial charge in [-0.1, -0.05) is 6.07 Å². The Morgan fingerprint density at radius 1 is 1.17 bits per heavy atom. The highest BCUT2D eigenvalue weighted by atomic mass is 16.5. The molecule has 0 spiro atoms. The van der Waals surface area contributed by atoms with Crippen LogP contribution < -0.4 is 20.3 Å². The van der Waals surface area contributed by atoms with Gasteiger partial charge in [-0.05, 0) is 50.6 Å². The average molecular weight is 469 g/mol. The molecule has 0 unspecified atom stereocenters. The van der Waals surface area contributed by atoms with Crippen molar-refractivity contribution < 1.29 is 4.74 Å². The highest BCUT2D eigenvalue weighted by Crippen LogP contribution is 2.36. The molecule has 6 rings (SSSR count). The van der Waals surface area contributed by atoms with E-state index in [1.54, 1.807) is 6.20 Å². The van der Waals surface area contributed by atoms with Gasteiger partial charge in [-0.2, -0.15) is 5.26 Å². The van der Waals surface area contributed by atoms with Crippen LogP contribution in [0.1, 0.15) is 31.4 Å². The number of hydrogen-bond acceptors (Lipinski definition) is 7. The lowest BCUT2D eigenvalue weighted by Gasteiger charge is -2.45. The fourth-order valence-corrected chi connectivity index (χ4v) is 5.96. The van der Waals surface area contributed by atoms with Gasteiger partial charge in [0.1, 0.15) is 18.4 Å². The van der Waals surface area contributed by atoms with E-state index >= 15 is 0 Å². The molecule has 3 aliphatic rings. The summed E-state index contributed by atoms with van der Waals surface area (Å²) in [4.78, 5) is 11.9. The van der Waals surface area contributed by atoms with Crippen molar-refractivity contribution in [3.05, 3.63) is 59.8 Å². The molecule has 0 radical (unpaired) electrons. The summed E-state index contributed by atoms with van der Waals surface area (Å²) in [5.74, 6) is 0.995. The molecule has 0 aliphatic carbocycles. The molecule has 35 heavy (non-hydrogen) atoms. The Labute approximate surface area is 206 Å². The lowest BCUT2D eigenvalue weighted by Crippen LogP contribution is -2.58. The second-order valence-corrected chi connectivity index (χ2v) is 10.7. The van der Waals surface area contributed by atoms with Gasteiger partial charge in [0.15, 0.2) is 0 Å². The van der Waals surface area contributed by atoms with Gasteiger partial charge in [0.25, 0.3) is 0 Å². The van der Waals surface area contributed by atoms with Gasteiger partial charge in [-0.3, -0.25) is 9.88 Å². The van der Waals surface area contributed by atoms with Crippen molar-refractivity contribution in [2.24, 2.45) is 5.73 Å². The molecule has 7 nitrogen and oxygen atoms in total. The number of anilines is 2. The second-order valence-electron chi connectivity index (χ2n) is 10.7. The maximum Gasteiger partial charge on any atom is 0.125 e. The number of benzene rings is 2. The number of hydrogen-bond donors (Lipinski definition) is 1. The van der Waals surface area contributed by atoms with Crippen molar-refractivity contribution in [3.63, 3.8) is 0 Å². The Kier molecular flexibility index (Phi) is 5.32. The van der Waals surface area contributed by atoms with Crippen molar-refractivity contribution in [2.75, 3.05) is 42.6 Å². The predicted octanol–water partition coefficient (Wildman–Crippen LogP) is 3.51. The number of nitrogens with two attached hydrogens (primary N) is 1. The minimum atomic E-state index is -0.127. The third kappa shape index (κ3) is 3.97. The SMILES string of the molecule is C[C@H]1CN(c2ccc(C#N)c3ncccc23)C[C@H]2COc3cc(N4CC[C@](C)(N)C4)ccc3CN21. The molecule has 7 heteroatoms. The zero-order valence-corrected chi connectivity index (χ0v) is 20.4. The molecule has 1 aromatic heterocycles. The molecular weight excluding hydrogens is 436 g/mol. The summed E-state index contributed by atoms with van der Waals surface area (Å²) in [6.45, 7) is 9.62. The second kappa shape index (κ2) is 8.40. The smallest absolute Gasteiger partial charge is 0.125 e. The molecule has 2 N–H and O–H groups in total. The Bertz CT molecular complexity index is 1310. The van der Waals surface area contributed by atoms with E-state index in [2.05, 4.69) is 69.9 Å². The molecule has 3 aromatic rings. The molecule has 0 bridgehead atoms. The number of nitrogens with zero attached hydrogens (tertiary/aromatic N) is 5. The van der Waals surface area contributed by atoms with E-state index < -0.39 is 0 Å². The molecule has 3 atom stereocenters. The lowest BCUT2D eigenvalue weighted by molar-refractivity contribution is 0.0892. The van der Waals surface area contributed by atoms with Crippen LogP contribution in [0.3, 0.4) is 0 Å². The van der Waals surface area contributed by atoms with Gasteiger partial charge in [-0.25, -0.2) is 0 Å². The van der Waals surface area contributed by atoms with Crippen LogP contribution in [0.5, 0.6) is 5.75 Å². The summed E-state index contributed by atoms with van der Waals surface area (Å²) >= 11 is 0. The highest BCUT2D eigenvalue weighted by molar-refractivity contribution is 5.95. The first-order valence-electron chi connectivity index (χ1n) is 12.5. The van der Waals surface area contributed by atoms with Crippen LogP contribution in [-0.4, -0.2) is 60.3 Å². The Balaban J connectivity index is 1.26. The van der Waals surface area contributed by atoms with Gasteiger partial charge in [0, 0.05) is 78.9 Å². The summed E-state index contributed by atoms with van der Waals surface area (Å²) in [5, 5.41) is 10.6. The lowest BCUT2D eigenvalue weighted by atomic mass is 10.0. The van der Waals surface area contributed by atoms with Gasteiger partial charge >= 0.3 is 0 Å². The van der Waals surface area contributed by atoms with E-state index in [1.165, 1.54) is 11.3 Å². The summed E-state index contributed by atoms with van der Waals surface area (Å²) in [5.41, 5.74) is 11.2. The zero-order chi connectivity index (χ0) is 24.2. The van der Waals surface area contributed by atoms with E-state index in [4.69, 9.17) is 10.5 Å². The molecule has 0 amide bonds. The third-order valence-corrected chi connectivity index (χ3v) is 7.86. The monoisotopic (exact) mass is 468 g/mol. The van der Waals surface area contributed by atoms with Crippen LogP contribution >= 0.6 is 0 Å². The quantitative estimate of drug-likeness (QED) is 0.616. The number of nitriles is 1. The summed E-state index contributed by atoms with van der Waals surface area (Å²) in [6, 6.07) is 17.6. The topological polar surface area (TPSA) is 81.7 Å².